The number of aromatic nitrogens is 1. The Morgan fingerprint density at radius 3 is 2.68 bits per heavy atom. The standard InChI is InChI=1S/C22H21N3O2S/c1-13-6-4-5-7-18(13)21(27)25-11-10-16-12-17(8-9-19(16)25)20-14(2)28-22(24-20)23-15(3)26/h4-9,12H,10-11H2,1-3H3,(H,23,24,26). The van der Waals surface area contributed by atoms with Crippen molar-refractivity contribution >= 4 is 34.0 Å². The normalized spacial score (nSPS) is 12.8. The number of anilines is 2. The first-order valence-electron chi connectivity index (χ1n) is 9.20. The molecule has 0 saturated heterocycles. The Bertz CT molecular complexity index is 1090. The van der Waals surface area contributed by atoms with Crippen molar-refractivity contribution in [3.05, 3.63) is 64.0 Å². The van der Waals surface area contributed by atoms with E-state index in [1.807, 2.05) is 55.1 Å². The highest BCUT2D eigenvalue weighted by Gasteiger charge is 2.27. The summed E-state index contributed by atoms with van der Waals surface area (Å²) in [6.45, 7) is 6.12. The van der Waals surface area contributed by atoms with E-state index in [0.717, 1.165) is 44.9 Å². The third-order valence-corrected chi connectivity index (χ3v) is 5.83. The van der Waals surface area contributed by atoms with Crippen LogP contribution in [0, 0.1) is 13.8 Å². The van der Waals surface area contributed by atoms with E-state index >= 15 is 0 Å². The number of carbonyl (C=O) groups excluding carboxylic acids is 2. The molecule has 3 aromatic rings. The molecule has 0 fully saturated rings. The summed E-state index contributed by atoms with van der Waals surface area (Å²) < 4.78 is 0. The van der Waals surface area contributed by atoms with Crippen LogP contribution in [0.15, 0.2) is 42.5 Å². The van der Waals surface area contributed by atoms with Crippen molar-refractivity contribution in [3.63, 3.8) is 0 Å². The smallest absolute Gasteiger partial charge is 0.258 e. The molecule has 0 saturated carbocycles. The second kappa shape index (κ2) is 7.20. The van der Waals surface area contributed by atoms with E-state index in [1.165, 1.54) is 18.3 Å². The Hall–Kier alpha value is -2.99. The van der Waals surface area contributed by atoms with Crippen LogP contribution in [-0.4, -0.2) is 23.3 Å². The van der Waals surface area contributed by atoms with Gasteiger partial charge in [0.05, 0.1) is 5.69 Å². The average Bonchev–Trinajstić information content (AvgIpc) is 3.23. The summed E-state index contributed by atoms with van der Waals surface area (Å²) in [7, 11) is 0. The highest BCUT2D eigenvalue weighted by molar-refractivity contribution is 7.16. The fourth-order valence-electron chi connectivity index (χ4n) is 3.59. The molecule has 142 valence electrons. The molecule has 0 bridgehead atoms. The molecule has 0 aliphatic carbocycles. The molecule has 1 aromatic heterocycles. The maximum absolute atomic E-state index is 13.0. The van der Waals surface area contributed by atoms with Gasteiger partial charge < -0.3 is 10.2 Å². The predicted molar refractivity (Wildman–Crippen MR) is 113 cm³/mol. The quantitative estimate of drug-likeness (QED) is 0.710. The van der Waals surface area contributed by atoms with Crippen LogP contribution in [0.2, 0.25) is 0 Å². The van der Waals surface area contributed by atoms with Gasteiger partial charge in [-0.2, -0.15) is 0 Å². The lowest BCUT2D eigenvalue weighted by Crippen LogP contribution is -2.29. The molecule has 2 aromatic carbocycles. The van der Waals surface area contributed by atoms with Crippen LogP contribution in [0.5, 0.6) is 0 Å². The SMILES string of the molecule is CC(=O)Nc1nc(-c2ccc3c(c2)CCN3C(=O)c2ccccc2C)c(C)s1. The van der Waals surface area contributed by atoms with Gasteiger partial charge in [-0.3, -0.25) is 9.59 Å². The van der Waals surface area contributed by atoms with Gasteiger partial charge in [-0.15, -0.1) is 11.3 Å². The minimum absolute atomic E-state index is 0.0439. The Balaban J connectivity index is 1.64. The zero-order chi connectivity index (χ0) is 19.8. The van der Waals surface area contributed by atoms with Crippen molar-refractivity contribution < 1.29 is 9.59 Å². The highest BCUT2D eigenvalue weighted by Crippen LogP contribution is 2.36. The lowest BCUT2D eigenvalue weighted by atomic mass is 10.0. The van der Waals surface area contributed by atoms with Gasteiger partial charge in [0.2, 0.25) is 5.91 Å². The Morgan fingerprint density at radius 1 is 1.14 bits per heavy atom. The van der Waals surface area contributed by atoms with Gasteiger partial charge in [0.1, 0.15) is 0 Å². The molecule has 4 rings (SSSR count). The van der Waals surface area contributed by atoms with E-state index in [-0.39, 0.29) is 11.8 Å². The van der Waals surface area contributed by atoms with Crippen LogP contribution in [0.4, 0.5) is 10.8 Å². The zero-order valence-corrected chi connectivity index (χ0v) is 16.9. The van der Waals surface area contributed by atoms with Crippen molar-refractivity contribution in [2.75, 3.05) is 16.8 Å². The van der Waals surface area contributed by atoms with Gasteiger partial charge >= 0.3 is 0 Å². The molecule has 2 heterocycles. The summed E-state index contributed by atoms with van der Waals surface area (Å²) in [6, 6.07) is 13.8. The first kappa shape index (κ1) is 18.4. The van der Waals surface area contributed by atoms with E-state index in [4.69, 9.17) is 0 Å². The number of nitrogens with one attached hydrogen (secondary N) is 1. The summed E-state index contributed by atoms with van der Waals surface area (Å²) in [5.74, 6) is -0.0815. The van der Waals surface area contributed by atoms with Crippen LogP contribution in [0.3, 0.4) is 0 Å². The van der Waals surface area contributed by atoms with Gasteiger partial charge in [-0.05, 0) is 49.6 Å². The number of carbonyl (C=O) groups is 2. The molecule has 0 spiro atoms. The van der Waals surface area contributed by atoms with E-state index in [1.54, 1.807) is 0 Å². The lowest BCUT2D eigenvalue weighted by molar-refractivity contribution is -0.114. The topological polar surface area (TPSA) is 62.3 Å². The molecule has 0 atom stereocenters. The van der Waals surface area contributed by atoms with E-state index in [9.17, 15) is 9.59 Å². The summed E-state index contributed by atoms with van der Waals surface area (Å²) in [6.07, 6.45) is 0.822. The highest BCUT2D eigenvalue weighted by atomic mass is 32.1. The summed E-state index contributed by atoms with van der Waals surface area (Å²) in [4.78, 5) is 31.8. The molecule has 1 aliphatic heterocycles. The van der Waals surface area contributed by atoms with Gasteiger partial charge in [-0.25, -0.2) is 4.98 Å². The van der Waals surface area contributed by atoms with Gasteiger partial charge in [0.25, 0.3) is 5.91 Å². The number of nitrogens with zero attached hydrogens (tertiary/aromatic N) is 2. The number of aryl methyl sites for hydroxylation is 2. The molecule has 5 nitrogen and oxygen atoms in total. The van der Waals surface area contributed by atoms with E-state index < -0.39 is 0 Å². The molecular weight excluding hydrogens is 370 g/mol. The monoisotopic (exact) mass is 391 g/mol. The number of thiazole rings is 1. The second-order valence-corrected chi connectivity index (χ2v) is 8.17. The molecule has 2 amide bonds. The Kier molecular flexibility index (Phi) is 4.73. The van der Waals surface area contributed by atoms with Gasteiger partial charge in [0, 0.05) is 35.2 Å². The van der Waals surface area contributed by atoms with E-state index in [2.05, 4.69) is 16.4 Å². The van der Waals surface area contributed by atoms with Crippen LogP contribution in [0.25, 0.3) is 11.3 Å². The number of benzene rings is 2. The van der Waals surface area contributed by atoms with Crippen LogP contribution >= 0.6 is 11.3 Å². The summed E-state index contributed by atoms with van der Waals surface area (Å²) in [5, 5.41) is 3.36. The lowest BCUT2D eigenvalue weighted by Gasteiger charge is -2.18. The second-order valence-electron chi connectivity index (χ2n) is 6.97. The summed E-state index contributed by atoms with van der Waals surface area (Å²) in [5.41, 5.74) is 5.73. The van der Waals surface area contributed by atoms with Gasteiger partial charge in [0.15, 0.2) is 5.13 Å². The fraction of sp³-hybridized carbons (Fsp3) is 0.227. The molecule has 0 radical (unpaired) electrons. The predicted octanol–water partition coefficient (Wildman–Crippen LogP) is 4.59. The summed E-state index contributed by atoms with van der Waals surface area (Å²) >= 11 is 1.47. The van der Waals surface area contributed by atoms with E-state index in [0.29, 0.717) is 11.7 Å². The average molecular weight is 391 g/mol. The maximum Gasteiger partial charge on any atom is 0.258 e. The Labute approximate surface area is 168 Å². The van der Waals surface area contributed by atoms with Crippen LogP contribution in [-0.2, 0) is 11.2 Å². The van der Waals surface area contributed by atoms with Gasteiger partial charge in [-0.1, -0.05) is 24.3 Å². The number of hydrogen-bond acceptors (Lipinski definition) is 4. The molecule has 28 heavy (non-hydrogen) atoms. The molecule has 1 aliphatic rings. The van der Waals surface area contributed by atoms with Crippen LogP contribution in [0.1, 0.15) is 33.3 Å². The molecule has 1 N–H and O–H groups in total. The zero-order valence-electron chi connectivity index (χ0n) is 16.1. The maximum atomic E-state index is 13.0. The Morgan fingerprint density at radius 2 is 1.93 bits per heavy atom. The van der Waals surface area contributed by atoms with Crippen molar-refractivity contribution in [1.82, 2.24) is 4.98 Å². The number of fused-ring (bicyclic) bond motifs is 1. The molecule has 6 heteroatoms. The van der Waals surface area contributed by atoms with Crippen molar-refractivity contribution in [1.29, 1.82) is 0 Å². The third-order valence-electron chi connectivity index (χ3n) is 4.95. The number of rotatable bonds is 3. The fourth-order valence-corrected chi connectivity index (χ4v) is 4.47. The van der Waals surface area contributed by atoms with Crippen molar-refractivity contribution in [3.8, 4) is 11.3 Å². The van der Waals surface area contributed by atoms with Crippen molar-refractivity contribution in [2.45, 2.75) is 27.2 Å². The minimum Gasteiger partial charge on any atom is -0.308 e. The number of hydrogen-bond donors (Lipinski definition) is 1. The molecule has 0 unspecified atom stereocenters. The largest absolute Gasteiger partial charge is 0.308 e. The van der Waals surface area contributed by atoms with Crippen molar-refractivity contribution in [2.24, 2.45) is 0 Å². The van der Waals surface area contributed by atoms with Crippen LogP contribution < -0.4 is 10.2 Å². The third kappa shape index (κ3) is 3.31. The first-order valence-corrected chi connectivity index (χ1v) is 10.0. The molecular formula is C22H21N3O2S. The first-order chi connectivity index (χ1) is 13.4. The minimum atomic E-state index is -0.125. The number of amides is 2.